The van der Waals surface area contributed by atoms with Gasteiger partial charge in [0.25, 0.3) is 0 Å². The van der Waals surface area contributed by atoms with Crippen molar-refractivity contribution in [2.75, 3.05) is 18.0 Å². The summed E-state index contributed by atoms with van der Waals surface area (Å²) < 4.78 is 15.7. The Hall–Kier alpha value is -3.56. The van der Waals surface area contributed by atoms with E-state index in [4.69, 9.17) is 6.42 Å². The van der Waals surface area contributed by atoms with Gasteiger partial charge in [0.2, 0.25) is 0 Å². The van der Waals surface area contributed by atoms with E-state index in [1.54, 1.807) is 6.20 Å². The summed E-state index contributed by atoms with van der Waals surface area (Å²) in [7, 11) is 0. The number of nitrogens with one attached hydrogen (secondary N) is 1. The van der Waals surface area contributed by atoms with Gasteiger partial charge in [-0.05, 0) is 24.4 Å². The van der Waals surface area contributed by atoms with Gasteiger partial charge in [0, 0.05) is 41.3 Å². The molecule has 2 saturated heterocycles. The van der Waals surface area contributed by atoms with Gasteiger partial charge in [-0.2, -0.15) is 0 Å². The van der Waals surface area contributed by atoms with Gasteiger partial charge in [-0.1, -0.05) is 36.3 Å². The molecule has 2 atom stereocenters. The third kappa shape index (κ3) is 2.36. The molecule has 0 amide bonds. The van der Waals surface area contributed by atoms with Gasteiger partial charge in [-0.15, -0.1) is 6.42 Å². The molecule has 0 radical (unpaired) electrons. The first-order valence-corrected chi connectivity index (χ1v) is 10.0. The molecule has 6 rings (SSSR count). The van der Waals surface area contributed by atoms with Crippen molar-refractivity contribution in [3.63, 3.8) is 0 Å². The van der Waals surface area contributed by atoms with Gasteiger partial charge in [0.1, 0.15) is 23.4 Å². The molecule has 2 fully saturated rings. The number of hydrogen-bond donors (Lipinski definition) is 1. The van der Waals surface area contributed by atoms with E-state index in [-0.39, 0.29) is 11.2 Å². The van der Waals surface area contributed by atoms with Crippen LogP contribution in [0.1, 0.15) is 12.0 Å². The number of anilines is 1. The first-order valence-electron chi connectivity index (χ1n) is 10.0. The molecule has 2 aromatic carbocycles. The summed E-state index contributed by atoms with van der Waals surface area (Å²) in [4.78, 5) is 15.5. The Kier molecular flexibility index (Phi) is 3.74. The van der Waals surface area contributed by atoms with Gasteiger partial charge >= 0.3 is 0 Å². The van der Waals surface area contributed by atoms with Crippen molar-refractivity contribution in [1.29, 1.82) is 0 Å². The fourth-order valence-electron chi connectivity index (χ4n) is 4.82. The average molecular weight is 395 g/mol. The average Bonchev–Trinajstić information content (AvgIpc) is 3.14. The number of fused-ring (bicyclic) bond motifs is 3. The monoisotopic (exact) mass is 395 g/mol. The molecule has 0 unspecified atom stereocenters. The van der Waals surface area contributed by atoms with E-state index in [1.165, 1.54) is 6.33 Å². The molecule has 2 aliphatic rings. The fourth-order valence-corrected chi connectivity index (χ4v) is 4.82. The predicted molar refractivity (Wildman–Crippen MR) is 116 cm³/mol. The normalized spacial score (nSPS) is 20.2. The first-order chi connectivity index (χ1) is 14.8. The summed E-state index contributed by atoms with van der Waals surface area (Å²) in [6.45, 7) is 1.87. The lowest BCUT2D eigenvalue weighted by atomic mass is 9.96. The van der Waals surface area contributed by atoms with Crippen molar-refractivity contribution in [2.24, 2.45) is 0 Å². The summed E-state index contributed by atoms with van der Waals surface area (Å²) in [5.74, 6) is 3.02. The number of benzene rings is 2. The molecular formula is C24H18FN5. The molecule has 4 heterocycles. The van der Waals surface area contributed by atoms with Crippen LogP contribution in [0.25, 0.3) is 32.9 Å². The van der Waals surface area contributed by atoms with E-state index in [2.05, 4.69) is 31.1 Å². The van der Waals surface area contributed by atoms with E-state index >= 15 is 4.39 Å². The van der Waals surface area contributed by atoms with E-state index < -0.39 is 5.82 Å². The van der Waals surface area contributed by atoms with Crippen LogP contribution in [0.3, 0.4) is 0 Å². The molecule has 0 saturated carbocycles. The SMILES string of the molecule is C#Cc1cccc2cccc(-c3ncc4c(N5C[C@H]6NCC[C@H]65)ncnc4c3F)c12. The largest absolute Gasteiger partial charge is 0.350 e. The Morgan fingerprint density at radius 1 is 1.13 bits per heavy atom. The highest BCUT2D eigenvalue weighted by molar-refractivity contribution is 6.01. The summed E-state index contributed by atoms with van der Waals surface area (Å²) in [5.41, 5.74) is 1.93. The Bertz CT molecular complexity index is 1350. The zero-order chi connectivity index (χ0) is 20.2. The fraction of sp³-hybridized carbons (Fsp3) is 0.208. The van der Waals surface area contributed by atoms with Crippen LogP contribution in [-0.2, 0) is 0 Å². The Balaban J connectivity index is 1.54. The highest BCUT2D eigenvalue weighted by Gasteiger charge is 2.43. The van der Waals surface area contributed by atoms with Crippen LogP contribution >= 0.6 is 0 Å². The number of aromatic nitrogens is 3. The second-order valence-electron chi connectivity index (χ2n) is 7.80. The van der Waals surface area contributed by atoms with Crippen molar-refractivity contribution in [3.05, 3.63) is 60.3 Å². The van der Waals surface area contributed by atoms with Gasteiger partial charge in [-0.25, -0.2) is 14.4 Å². The quantitative estimate of drug-likeness (QED) is 0.527. The molecule has 0 bridgehead atoms. The minimum Gasteiger partial charge on any atom is -0.350 e. The number of nitrogens with zero attached hydrogens (tertiary/aromatic N) is 4. The summed E-state index contributed by atoms with van der Waals surface area (Å²) >= 11 is 0. The molecule has 2 aliphatic heterocycles. The van der Waals surface area contributed by atoms with Gasteiger partial charge in [0.05, 0.1) is 5.39 Å². The third-order valence-electron chi connectivity index (χ3n) is 6.29. The Morgan fingerprint density at radius 2 is 2.00 bits per heavy atom. The van der Waals surface area contributed by atoms with Crippen LogP contribution < -0.4 is 10.2 Å². The Morgan fingerprint density at radius 3 is 2.83 bits per heavy atom. The molecule has 0 spiro atoms. The molecule has 1 N–H and O–H groups in total. The van der Waals surface area contributed by atoms with E-state index in [0.717, 1.165) is 36.1 Å². The topological polar surface area (TPSA) is 53.9 Å². The van der Waals surface area contributed by atoms with Crippen molar-refractivity contribution in [1.82, 2.24) is 20.3 Å². The van der Waals surface area contributed by atoms with E-state index in [0.29, 0.717) is 28.6 Å². The molecule has 30 heavy (non-hydrogen) atoms. The van der Waals surface area contributed by atoms with Crippen LogP contribution in [0.15, 0.2) is 48.9 Å². The zero-order valence-corrected chi connectivity index (χ0v) is 16.1. The Labute approximate surface area is 173 Å². The maximum atomic E-state index is 15.7. The molecule has 0 aliphatic carbocycles. The summed E-state index contributed by atoms with van der Waals surface area (Å²) in [6, 6.07) is 12.3. The van der Waals surface area contributed by atoms with Crippen LogP contribution in [0.4, 0.5) is 10.2 Å². The number of pyridine rings is 1. The smallest absolute Gasteiger partial charge is 0.175 e. The molecule has 5 nitrogen and oxygen atoms in total. The lowest BCUT2D eigenvalue weighted by Gasteiger charge is -2.45. The standard InChI is InChI=1S/C24H18FN5/c1-2-14-5-3-6-15-7-4-8-16(20(14)15)22-21(25)23-17(11-27-22)24(29-13-28-23)30-12-18-19(30)9-10-26-18/h1,3-8,11,13,18-19,26H,9-10,12H2/t18-,19-/m1/s1. The van der Waals surface area contributed by atoms with E-state index in [1.807, 2.05) is 36.4 Å². The van der Waals surface area contributed by atoms with Crippen molar-refractivity contribution in [2.45, 2.75) is 18.5 Å². The maximum Gasteiger partial charge on any atom is 0.175 e. The minimum atomic E-state index is -0.447. The second-order valence-corrected chi connectivity index (χ2v) is 7.80. The van der Waals surface area contributed by atoms with Crippen LogP contribution in [0, 0.1) is 18.2 Å². The summed E-state index contributed by atoms with van der Waals surface area (Å²) in [5, 5.41) is 5.90. The van der Waals surface area contributed by atoms with Crippen LogP contribution in [-0.4, -0.2) is 40.1 Å². The summed E-state index contributed by atoms with van der Waals surface area (Å²) in [6.07, 6.45) is 9.91. The van der Waals surface area contributed by atoms with Crippen LogP contribution in [0.2, 0.25) is 0 Å². The van der Waals surface area contributed by atoms with Crippen molar-refractivity contribution >= 4 is 27.5 Å². The van der Waals surface area contributed by atoms with Gasteiger partial charge in [-0.3, -0.25) is 4.98 Å². The molecule has 146 valence electrons. The number of halogens is 1. The first kappa shape index (κ1) is 17.3. The predicted octanol–water partition coefficient (Wildman–Crippen LogP) is 3.52. The number of rotatable bonds is 2. The number of hydrogen-bond acceptors (Lipinski definition) is 5. The molecule has 2 aromatic heterocycles. The van der Waals surface area contributed by atoms with Crippen molar-refractivity contribution in [3.8, 4) is 23.6 Å². The maximum absolute atomic E-state index is 15.7. The van der Waals surface area contributed by atoms with Crippen molar-refractivity contribution < 1.29 is 4.39 Å². The second kappa shape index (κ2) is 6.48. The van der Waals surface area contributed by atoms with E-state index in [9.17, 15) is 0 Å². The van der Waals surface area contributed by atoms with Crippen LogP contribution in [0.5, 0.6) is 0 Å². The highest BCUT2D eigenvalue weighted by Crippen LogP contribution is 2.37. The molecular weight excluding hydrogens is 377 g/mol. The lowest BCUT2D eigenvalue weighted by molar-refractivity contribution is 0.394. The van der Waals surface area contributed by atoms with Gasteiger partial charge in [0.15, 0.2) is 5.82 Å². The third-order valence-corrected chi connectivity index (χ3v) is 6.29. The lowest BCUT2D eigenvalue weighted by Crippen LogP contribution is -2.61. The zero-order valence-electron chi connectivity index (χ0n) is 16.1. The molecule has 6 heteroatoms. The minimum absolute atomic E-state index is 0.254. The number of terminal acetylenes is 1. The van der Waals surface area contributed by atoms with Gasteiger partial charge < -0.3 is 10.2 Å². The molecule has 4 aromatic rings. The highest BCUT2D eigenvalue weighted by atomic mass is 19.1.